The molecule has 0 aromatic rings. The molecular weight excluding hydrogens is 252 g/mol. The van der Waals surface area contributed by atoms with Crippen molar-refractivity contribution in [3.8, 4) is 0 Å². The van der Waals surface area contributed by atoms with Crippen LogP contribution in [0.25, 0.3) is 0 Å². The molecule has 3 nitrogen and oxygen atoms in total. The van der Waals surface area contributed by atoms with E-state index in [1.54, 1.807) is 0 Å². The Bertz CT molecular complexity index is 236. The van der Waals surface area contributed by atoms with Crippen LogP contribution in [0.2, 0.25) is 51.4 Å². The molecule has 1 unspecified atom stereocenters. The fourth-order valence-corrected chi connectivity index (χ4v) is 12.2. The maximum absolute atomic E-state index is 10.9. The van der Waals surface area contributed by atoms with Gasteiger partial charge in [-0.05, 0) is 51.4 Å². The molecule has 0 heterocycles. The summed E-state index contributed by atoms with van der Waals surface area (Å²) < 4.78 is 11.5. The second-order valence-electron chi connectivity index (χ2n) is 5.93. The zero-order valence-electron chi connectivity index (χ0n) is 11.7. The Labute approximate surface area is 104 Å². The van der Waals surface area contributed by atoms with E-state index in [0.29, 0.717) is 0 Å². The van der Waals surface area contributed by atoms with Crippen LogP contribution in [0.3, 0.4) is 0 Å². The van der Waals surface area contributed by atoms with Crippen LogP contribution >= 0.6 is 0 Å². The Morgan fingerprint density at radius 2 is 1.69 bits per heavy atom. The lowest BCUT2D eigenvalue weighted by molar-refractivity contribution is -0.132. The maximum Gasteiger partial charge on any atom is 0.289 e. The molecular formula is C10H26O3Si3. The Morgan fingerprint density at radius 1 is 1.19 bits per heavy atom. The third kappa shape index (κ3) is 9.32. The lowest BCUT2D eigenvalue weighted by Crippen LogP contribution is -2.37. The standard InChI is InChI=1S/C10H26O3Si3/c1-10(11)12-16(6,7)9-8-14(2)13-15(3,4)5/h14H,8-9H2,1-7H3. The fraction of sp³-hybridized carbons (Fsp3) is 0.900. The molecule has 0 aromatic heterocycles. The van der Waals surface area contributed by atoms with E-state index >= 15 is 0 Å². The lowest BCUT2D eigenvalue weighted by Gasteiger charge is -2.26. The molecule has 0 saturated heterocycles. The first-order valence-corrected chi connectivity index (χ1v) is 14.9. The summed E-state index contributed by atoms with van der Waals surface area (Å²) in [5.74, 6) is -0.142. The molecule has 0 aromatic carbocycles. The van der Waals surface area contributed by atoms with Crippen molar-refractivity contribution in [1.82, 2.24) is 0 Å². The van der Waals surface area contributed by atoms with Crippen LogP contribution in [0.15, 0.2) is 0 Å². The first-order chi connectivity index (χ1) is 7.02. The minimum absolute atomic E-state index is 0.142. The first kappa shape index (κ1) is 16.1. The van der Waals surface area contributed by atoms with Crippen molar-refractivity contribution in [2.45, 2.75) is 58.3 Å². The SMILES string of the molecule is CC(=O)O[Si](C)(C)CC[SiH](C)O[Si](C)(C)C. The van der Waals surface area contributed by atoms with Crippen LogP contribution in [0.1, 0.15) is 6.92 Å². The number of carbonyl (C=O) groups is 1. The van der Waals surface area contributed by atoms with Gasteiger partial charge in [0.15, 0.2) is 17.4 Å². The van der Waals surface area contributed by atoms with Crippen LogP contribution in [0.4, 0.5) is 0 Å². The molecule has 0 bridgehead atoms. The molecule has 0 aliphatic heterocycles. The molecule has 0 rings (SSSR count). The smallest absolute Gasteiger partial charge is 0.289 e. The van der Waals surface area contributed by atoms with Gasteiger partial charge in [-0.3, -0.25) is 4.79 Å². The summed E-state index contributed by atoms with van der Waals surface area (Å²) in [5, 5.41) is 0. The average Bonchev–Trinajstić information content (AvgIpc) is 1.95. The summed E-state index contributed by atoms with van der Waals surface area (Å²) in [6.45, 7) is 14.6. The van der Waals surface area contributed by atoms with Crippen molar-refractivity contribution < 1.29 is 13.3 Å². The van der Waals surface area contributed by atoms with E-state index in [1.165, 1.54) is 6.92 Å². The lowest BCUT2D eigenvalue weighted by atomic mass is 10.9. The first-order valence-electron chi connectivity index (χ1n) is 5.89. The van der Waals surface area contributed by atoms with Gasteiger partial charge in [0.1, 0.15) is 0 Å². The molecule has 0 N–H and O–H groups in total. The van der Waals surface area contributed by atoms with Gasteiger partial charge in [-0.2, -0.15) is 0 Å². The maximum atomic E-state index is 10.9. The Hall–Kier alpha value is 0.0806. The normalized spacial score (nSPS) is 14.7. The third-order valence-corrected chi connectivity index (χ3v) is 10.6. The monoisotopic (exact) mass is 278 g/mol. The average molecular weight is 279 g/mol. The number of carbonyl (C=O) groups excluding carboxylic acids is 1. The fourth-order valence-electron chi connectivity index (χ4n) is 1.65. The van der Waals surface area contributed by atoms with Crippen LogP contribution in [0, 0.1) is 0 Å². The van der Waals surface area contributed by atoms with Crippen LogP contribution in [-0.4, -0.2) is 31.6 Å². The quantitative estimate of drug-likeness (QED) is 0.701. The predicted octanol–water partition coefficient (Wildman–Crippen LogP) is 2.96. The van der Waals surface area contributed by atoms with Crippen molar-refractivity contribution in [1.29, 1.82) is 0 Å². The highest BCUT2D eigenvalue weighted by Gasteiger charge is 2.28. The van der Waals surface area contributed by atoms with E-state index in [-0.39, 0.29) is 5.97 Å². The second-order valence-corrected chi connectivity index (χ2v) is 17.5. The van der Waals surface area contributed by atoms with Gasteiger partial charge in [0.05, 0.1) is 0 Å². The van der Waals surface area contributed by atoms with Crippen molar-refractivity contribution in [3.63, 3.8) is 0 Å². The van der Waals surface area contributed by atoms with Crippen LogP contribution < -0.4 is 0 Å². The number of hydrogen-bond acceptors (Lipinski definition) is 3. The van der Waals surface area contributed by atoms with E-state index in [2.05, 4.69) is 39.3 Å². The molecule has 0 fully saturated rings. The Balaban J connectivity index is 3.99. The summed E-state index contributed by atoms with van der Waals surface area (Å²) in [6.07, 6.45) is 0. The predicted molar refractivity (Wildman–Crippen MR) is 76.3 cm³/mol. The van der Waals surface area contributed by atoms with Crippen molar-refractivity contribution in [2.24, 2.45) is 0 Å². The highest BCUT2D eigenvalue weighted by Crippen LogP contribution is 2.18. The van der Waals surface area contributed by atoms with E-state index in [0.717, 1.165) is 12.1 Å². The van der Waals surface area contributed by atoms with E-state index in [9.17, 15) is 4.79 Å². The molecule has 0 spiro atoms. The van der Waals surface area contributed by atoms with Gasteiger partial charge in [-0.1, -0.05) is 0 Å². The Morgan fingerprint density at radius 3 is 2.06 bits per heavy atom. The van der Waals surface area contributed by atoms with Gasteiger partial charge in [0, 0.05) is 6.92 Å². The molecule has 0 aliphatic carbocycles. The summed E-state index contributed by atoms with van der Waals surface area (Å²) in [4.78, 5) is 10.9. The molecule has 6 heteroatoms. The van der Waals surface area contributed by atoms with Gasteiger partial charge < -0.3 is 8.54 Å². The topological polar surface area (TPSA) is 35.5 Å². The summed E-state index contributed by atoms with van der Waals surface area (Å²) in [7, 11) is -4.23. The molecule has 0 aliphatic rings. The number of rotatable bonds is 6. The molecule has 0 radical (unpaired) electrons. The highest BCUT2D eigenvalue weighted by atomic mass is 28.4. The van der Waals surface area contributed by atoms with Crippen molar-refractivity contribution in [2.75, 3.05) is 0 Å². The van der Waals surface area contributed by atoms with Gasteiger partial charge in [0.2, 0.25) is 8.32 Å². The van der Waals surface area contributed by atoms with E-state index in [4.69, 9.17) is 8.54 Å². The summed E-state index contributed by atoms with van der Waals surface area (Å²) in [5.41, 5.74) is 0. The van der Waals surface area contributed by atoms with Gasteiger partial charge in [-0.25, -0.2) is 0 Å². The molecule has 16 heavy (non-hydrogen) atoms. The molecule has 96 valence electrons. The summed E-state index contributed by atoms with van der Waals surface area (Å²) >= 11 is 0. The van der Waals surface area contributed by atoms with Gasteiger partial charge >= 0.3 is 0 Å². The molecule has 0 saturated carbocycles. The largest absolute Gasteiger partial charge is 0.520 e. The minimum Gasteiger partial charge on any atom is -0.520 e. The third-order valence-electron chi connectivity index (χ3n) is 2.13. The van der Waals surface area contributed by atoms with Crippen molar-refractivity contribution >= 4 is 31.6 Å². The minimum atomic E-state index is -1.78. The van der Waals surface area contributed by atoms with Crippen molar-refractivity contribution in [3.05, 3.63) is 0 Å². The second kappa shape index (κ2) is 6.13. The Kier molecular flexibility index (Phi) is 6.16. The van der Waals surface area contributed by atoms with Gasteiger partial charge in [-0.15, -0.1) is 0 Å². The van der Waals surface area contributed by atoms with E-state index < -0.39 is 25.7 Å². The number of hydrogen-bond donors (Lipinski definition) is 0. The van der Waals surface area contributed by atoms with Crippen LogP contribution in [0.5, 0.6) is 0 Å². The van der Waals surface area contributed by atoms with Crippen LogP contribution in [-0.2, 0) is 13.3 Å². The zero-order valence-corrected chi connectivity index (χ0v) is 14.9. The van der Waals surface area contributed by atoms with Gasteiger partial charge in [0.25, 0.3) is 5.97 Å². The zero-order chi connectivity index (χ0) is 13.0. The molecule has 1 atom stereocenters. The summed E-state index contributed by atoms with van der Waals surface area (Å²) in [6, 6.07) is 2.15. The van der Waals surface area contributed by atoms with E-state index in [1.807, 2.05) is 0 Å². The highest BCUT2D eigenvalue weighted by molar-refractivity contribution is 6.78. The molecule has 0 amide bonds.